The Bertz CT molecular complexity index is 386. The molecule has 3 N–H and O–H groups in total. The van der Waals surface area contributed by atoms with Gasteiger partial charge in [-0.15, -0.1) is 0 Å². The zero-order valence-electron chi connectivity index (χ0n) is 11.9. The second-order valence-electron chi connectivity index (χ2n) is 5.04. The van der Waals surface area contributed by atoms with Gasteiger partial charge in [-0.05, 0) is 5.56 Å². The molecule has 20 heavy (non-hydrogen) atoms. The number of rotatable bonds is 4. The van der Waals surface area contributed by atoms with Crippen LogP contribution in [0.25, 0.3) is 0 Å². The third-order valence-electron chi connectivity index (χ3n) is 3.39. The average molecular weight is 276 g/mol. The summed E-state index contributed by atoms with van der Waals surface area (Å²) >= 11 is 0. The Morgan fingerprint density at radius 2 is 1.70 bits per heavy atom. The molecule has 0 bridgehead atoms. The molecule has 2 rings (SSSR count). The Labute approximate surface area is 120 Å². The van der Waals surface area contributed by atoms with E-state index in [9.17, 15) is 4.79 Å². The van der Waals surface area contributed by atoms with Crippen molar-refractivity contribution in [3.63, 3.8) is 0 Å². The second kappa shape index (κ2) is 8.68. The topological polar surface area (TPSA) is 56.4 Å². The summed E-state index contributed by atoms with van der Waals surface area (Å²) in [6.45, 7) is 6.77. The average Bonchev–Trinajstić information content (AvgIpc) is 2.60. The van der Waals surface area contributed by atoms with Gasteiger partial charge in [0.1, 0.15) is 0 Å². The molecular formula is C15H24N4O. The number of nitrogens with one attached hydrogen (secondary N) is 3. The standard InChI is InChI=1S/C15H24N4O/c20-15(18-12-14-4-2-1-3-5-14)13-19-10-8-16-6-7-17-9-11-19/h1-5,16-17H,6-13H2,(H,18,20). The molecule has 1 aromatic rings. The lowest BCUT2D eigenvalue weighted by Gasteiger charge is -2.20. The molecule has 1 aliphatic rings. The van der Waals surface area contributed by atoms with Crippen molar-refractivity contribution in [1.82, 2.24) is 20.9 Å². The van der Waals surface area contributed by atoms with Crippen LogP contribution in [0, 0.1) is 0 Å². The minimum absolute atomic E-state index is 0.0908. The van der Waals surface area contributed by atoms with Gasteiger partial charge in [-0.1, -0.05) is 30.3 Å². The Morgan fingerprint density at radius 3 is 2.35 bits per heavy atom. The van der Waals surface area contributed by atoms with E-state index in [1.807, 2.05) is 30.3 Å². The molecule has 1 heterocycles. The summed E-state index contributed by atoms with van der Waals surface area (Å²) in [5.41, 5.74) is 1.13. The molecular weight excluding hydrogens is 252 g/mol. The molecule has 0 aromatic heterocycles. The molecule has 0 aliphatic carbocycles. The van der Waals surface area contributed by atoms with Crippen LogP contribution in [-0.4, -0.2) is 56.6 Å². The Hall–Kier alpha value is -1.43. The van der Waals surface area contributed by atoms with Gasteiger partial charge in [-0.3, -0.25) is 9.69 Å². The maximum Gasteiger partial charge on any atom is 0.234 e. The van der Waals surface area contributed by atoms with E-state index in [0.29, 0.717) is 13.1 Å². The van der Waals surface area contributed by atoms with Crippen LogP contribution in [0.5, 0.6) is 0 Å². The van der Waals surface area contributed by atoms with E-state index < -0.39 is 0 Å². The monoisotopic (exact) mass is 276 g/mol. The van der Waals surface area contributed by atoms with E-state index in [0.717, 1.165) is 44.8 Å². The molecule has 1 aliphatic heterocycles. The normalized spacial score (nSPS) is 17.8. The summed E-state index contributed by atoms with van der Waals surface area (Å²) in [4.78, 5) is 14.2. The maximum atomic E-state index is 12.0. The highest BCUT2D eigenvalue weighted by molar-refractivity contribution is 5.78. The molecule has 1 aromatic carbocycles. The summed E-state index contributed by atoms with van der Waals surface area (Å²) in [6.07, 6.45) is 0. The van der Waals surface area contributed by atoms with Crippen molar-refractivity contribution < 1.29 is 4.79 Å². The highest BCUT2D eigenvalue weighted by atomic mass is 16.2. The van der Waals surface area contributed by atoms with Gasteiger partial charge in [0.15, 0.2) is 0 Å². The molecule has 1 saturated heterocycles. The van der Waals surface area contributed by atoms with E-state index in [1.165, 1.54) is 0 Å². The molecule has 110 valence electrons. The van der Waals surface area contributed by atoms with Gasteiger partial charge in [-0.2, -0.15) is 0 Å². The zero-order chi connectivity index (χ0) is 14.0. The highest BCUT2D eigenvalue weighted by Crippen LogP contribution is 1.97. The van der Waals surface area contributed by atoms with Crippen molar-refractivity contribution >= 4 is 5.91 Å². The number of nitrogens with zero attached hydrogens (tertiary/aromatic N) is 1. The summed E-state index contributed by atoms with van der Waals surface area (Å²) in [7, 11) is 0. The second-order valence-corrected chi connectivity index (χ2v) is 5.04. The van der Waals surface area contributed by atoms with Gasteiger partial charge in [0.2, 0.25) is 5.91 Å². The smallest absolute Gasteiger partial charge is 0.234 e. The van der Waals surface area contributed by atoms with Crippen LogP contribution in [0.3, 0.4) is 0 Å². The predicted octanol–water partition coefficient (Wildman–Crippen LogP) is -0.202. The SMILES string of the molecule is O=C(CN1CCNCCNCC1)NCc1ccccc1. The number of amides is 1. The first-order valence-electron chi connectivity index (χ1n) is 7.29. The van der Waals surface area contributed by atoms with E-state index in [2.05, 4.69) is 20.9 Å². The Morgan fingerprint density at radius 1 is 1.05 bits per heavy atom. The van der Waals surface area contributed by atoms with Gasteiger partial charge in [0.05, 0.1) is 6.54 Å². The summed E-state index contributed by atoms with van der Waals surface area (Å²) < 4.78 is 0. The van der Waals surface area contributed by atoms with Crippen LogP contribution in [0.15, 0.2) is 30.3 Å². The number of carbonyl (C=O) groups is 1. The minimum atomic E-state index is 0.0908. The molecule has 1 amide bonds. The van der Waals surface area contributed by atoms with E-state index in [4.69, 9.17) is 0 Å². The van der Waals surface area contributed by atoms with E-state index in [1.54, 1.807) is 0 Å². The molecule has 0 unspecified atom stereocenters. The van der Waals surface area contributed by atoms with Crippen LogP contribution in [0.4, 0.5) is 0 Å². The molecule has 0 radical (unpaired) electrons. The van der Waals surface area contributed by atoms with Crippen molar-refractivity contribution in [3.05, 3.63) is 35.9 Å². The lowest BCUT2D eigenvalue weighted by molar-refractivity contribution is -0.122. The fourth-order valence-electron chi connectivity index (χ4n) is 2.23. The number of benzene rings is 1. The van der Waals surface area contributed by atoms with Gasteiger partial charge in [0, 0.05) is 45.8 Å². The van der Waals surface area contributed by atoms with Crippen LogP contribution in [-0.2, 0) is 11.3 Å². The first-order chi connectivity index (χ1) is 9.84. The third kappa shape index (κ3) is 5.69. The Kier molecular flexibility index (Phi) is 6.50. The van der Waals surface area contributed by atoms with Gasteiger partial charge >= 0.3 is 0 Å². The molecule has 0 atom stereocenters. The van der Waals surface area contributed by atoms with Gasteiger partial charge in [-0.25, -0.2) is 0 Å². The van der Waals surface area contributed by atoms with Crippen molar-refractivity contribution in [2.24, 2.45) is 0 Å². The molecule has 0 saturated carbocycles. The van der Waals surface area contributed by atoms with Crippen molar-refractivity contribution in [1.29, 1.82) is 0 Å². The predicted molar refractivity (Wildman–Crippen MR) is 80.5 cm³/mol. The van der Waals surface area contributed by atoms with Crippen LogP contribution >= 0.6 is 0 Å². The lowest BCUT2D eigenvalue weighted by Crippen LogP contribution is -2.41. The van der Waals surface area contributed by atoms with Gasteiger partial charge in [0.25, 0.3) is 0 Å². The number of hydrogen-bond acceptors (Lipinski definition) is 4. The quantitative estimate of drug-likeness (QED) is 0.713. The molecule has 5 nitrogen and oxygen atoms in total. The maximum absolute atomic E-state index is 12.0. The largest absolute Gasteiger partial charge is 0.351 e. The third-order valence-corrected chi connectivity index (χ3v) is 3.39. The van der Waals surface area contributed by atoms with Crippen LogP contribution in [0.2, 0.25) is 0 Å². The summed E-state index contributed by atoms with van der Waals surface area (Å²) in [5.74, 6) is 0.0908. The summed E-state index contributed by atoms with van der Waals surface area (Å²) in [6, 6.07) is 10.00. The van der Waals surface area contributed by atoms with Crippen molar-refractivity contribution in [2.75, 3.05) is 45.8 Å². The van der Waals surface area contributed by atoms with E-state index in [-0.39, 0.29) is 5.91 Å². The fraction of sp³-hybridized carbons (Fsp3) is 0.533. The lowest BCUT2D eigenvalue weighted by atomic mass is 10.2. The van der Waals surface area contributed by atoms with Crippen LogP contribution in [0.1, 0.15) is 5.56 Å². The summed E-state index contributed by atoms with van der Waals surface area (Å²) in [5, 5.41) is 9.68. The number of carbonyl (C=O) groups excluding carboxylic acids is 1. The zero-order valence-corrected chi connectivity index (χ0v) is 11.9. The first kappa shape index (κ1) is 15.0. The molecule has 0 spiro atoms. The highest BCUT2D eigenvalue weighted by Gasteiger charge is 2.11. The Balaban J connectivity index is 1.72. The van der Waals surface area contributed by atoms with Crippen LogP contribution < -0.4 is 16.0 Å². The fourth-order valence-corrected chi connectivity index (χ4v) is 2.23. The van der Waals surface area contributed by atoms with Crippen molar-refractivity contribution in [2.45, 2.75) is 6.54 Å². The first-order valence-corrected chi connectivity index (χ1v) is 7.29. The minimum Gasteiger partial charge on any atom is -0.351 e. The number of hydrogen-bond donors (Lipinski definition) is 3. The van der Waals surface area contributed by atoms with E-state index >= 15 is 0 Å². The van der Waals surface area contributed by atoms with Crippen molar-refractivity contribution in [3.8, 4) is 0 Å². The van der Waals surface area contributed by atoms with Gasteiger partial charge < -0.3 is 16.0 Å². The molecule has 1 fully saturated rings. The molecule has 5 heteroatoms.